The molecule has 1 rings (SSSR count). The molecule has 0 aliphatic carbocycles. The van der Waals surface area contributed by atoms with Crippen molar-refractivity contribution in [2.45, 2.75) is 37.1 Å². The largest absolute Gasteiger partial charge is 0.313 e. The monoisotopic (exact) mass is 281 g/mol. The second-order valence-electron chi connectivity index (χ2n) is 4.16. The number of terminal acetylenes is 1. The maximum absolute atomic E-state index is 5.87. The highest BCUT2D eigenvalue weighted by molar-refractivity contribution is 7.99. The van der Waals surface area contributed by atoms with Crippen molar-refractivity contribution in [3.05, 3.63) is 29.3 Å². The van der Waals surface area contributed by atoms with Gasteiger partial charge in [0.15, 0.2) is 0 Å². The molecule has 1 aromatic carbocycles. The van der Waals surface area contributed by atoms with Crippen molar-refractivity contribution >= 4 is 23.4 Å². The number of benzene rings is 1. The van der Waals surface area contributed by atoms with E-state index in [-0.39, 0.29) is 0 Å². The van der Waals surface area contributed by atoms with Gasteiger partial charge in [-0.2, -0.15) is 0 Å². The van der Waals surface area contributed by atoms with Crippen molar-refractivity contribution in [2.75, 3.05) is 12.3 Å². The summed E-state index contributed by atoms with van der Waals surface area (Å²) in [5.41, 5.74) is 0. The third kappa shape index (κ3) is 6.35. The summed E-state index contributed by atoms with van der Waals surface area (Å²) < 4.78 is 0. The molecule has 1 unspecified atom stereocenters. The van der Waals surface area contributed by atoms with Crippen LogP contribution >= 0.6 is 23.4 Å². The van der Waals surface area contributed by atoms with Gasteiger partial charge in [-0.15, -0.1) is 24.1 Å². The highest BCUT2D eigenvalue weighted by Crippen LogP contribution is 2.21. The molecule has 0 amide bonds. The lowest BCUT2D eigenvalue weighted by atomic mass is 10.2. The molecule has 1 aromatic rings. The van der Waals surface area contributed by atoms with E-state index in [0.29, 0.717) is 6.04 Å². The van der Waals surface area contributed by atoms with Crippen LogP contribution in [0.25, 0.3) is 0 Å². The van der Waals surface area contributed by atoms with Crippen molar-refractivity contribution in [1.29, 1.82) is 0 Å². The molecule has 0 aromatic heterocycles. The second-order valence-corrected chi connectivity index (χ2v) is 5.69. The van der Waals surface area contributed by atoms with Gasteiger partial charge in [0, 0.05) is 28.1 Å². The second kappa shape index (κ2) is 9.33. The molecule has 1 atom stereocenters. The summed E-state index contributed by atoms with van der Waals surface area (Å²) in [5, 5.41) is 4.33. The fourth-order valence-corrected chi connectivity index (χ4v) is 2.71. The zero-order valence-corrected chi connectivity index (χ0v) is 12.4. The number of hydrogen-bond donors (Lipinski definition) is 1. The maximum atomic E-state index is 5.87. The molecule has 1 nitrogen and oxygen atoms in total. The van der Waals surface area contributed by atoms with Gasteiger partial charge in [-0.25, -0.2) is 0 Å². The minimum atomic E-state index is 0.488. The Labute approximate surface area is 120 Å². The summed E-state index contributed by atoms with van der Waals surface area (Å²) in [6.07, 6.45) is 8.36. The summed E-state index contributed by atoms with van der Waals surface area (Å²) in [6.45, 7) is 3.23. The Kier molecular flexibility index (Phi) is 8.00. The Bertz CT molecular complexity index is 369. The van der Waals surface area contributed by atoms with Gasteiger partial charge in [-0.1, -0.05) is 18.5 Å². The van der Waals surface area contributed by atoms with Gasteiger partial charge >= 0.3 is 0 Å². The predicted octanol–water partition coefficient (Wildman–Crippen LogP) is 4.21. The molecule has 0 aliphatic heterocycles. The molecule has 18 heavy (non-hydrogen) atoms. The highest BCUT2D eigenvalue weighted by atomic mass is 35.5. The van der Waals surface area contributed by atoms with E-state index < -0.39 is 0 Å². The number of rotatable bonds is 8. The summed E-state index contributed by atoms with van der Waals surface area (Å²) >= 11 is 7.72. The third-order valence-corrected chi connectivity index (χ3v) is 4.01. The first kappa shape index (κ1) is 15.4. The van der Waals surface area contributed by atoms with Crippen LogP contribution < -0.4 is 5.32 Å². The highest BCUT2D eigenvalue weighted by Gasteiger charge is 2.07. The van der Waals surface area contributed by atoms with E-state index in [1.165, 1.54) is 4.90 Å². The summed E-state index contributed by atoms with van der Waals surface area (Å²) in [6, 6.07) is 8.47. The molecule has 1 N–H and O–H groups in total. The quantitative estimate of drug-likeness (QED) is 0.566. The van der Waals surface area contributed by atoms with E-state index in [1.807, 2.05) is 23.9 Å². The van der Waals surface area contributed by atoms with Gasteiger partial charge in [0.1, 0.15) is 0 Å². The number of nitrogens with one attached hydrogen (secondary N) is 1. The molecule has 0 spiro atoms. The van der Waals surface area contributed by atoms with E-state index in [9.17, 15) is 0 Å². The normalized spacial score (nSPS) is 12.1. The van der Waals surface area contributed by atoms with Crippen LogP contribution in [0.3, 0.4) is 0 Å². The van der Waals surface area contributed by atoms with Crippen molar-refractivity contribution in [1.82, 2.24) is 5.32 Å². The number of hydrogen-bond acceptors (Lipinski definition) is 2. The summed E-state index contributed by atoms with van der Waals surface area (Å²) in [5.74, 6) is 3.76. The summed E-state index contributed by atoms with van der Waals surface area (Å²) in [7, 11) is 0. The van der Waals surface area contributed by atoms with Crippen LogP contribution in [0.1, 0.15) is 26.2 Å². The van der Waals surface area contributed by atoms with Crippen LogP contribution in [0.4, 0.5) is 0 Å². The maximum Gasteiger partial charge on any atom is 0.0406 e. The van der Waals surface area contributed by atoms with Crippen LogP contribution in [0, 0.1) is 12.3 Å². The fraction of sp³-hybridized carbons (Fsp3) is 0.467. The topological polar surface area (TPSA) is 12.0 Å². The Morgan fingerprint density at radius 1 is 1.39 bits per heavy atom. The summed E-state index contributed by atoms with van der Waals surface area (Å²) in [4.78, 5) is 1.25. The first-order valence-electron chi connectivity index (χ1n) is 6.31. The van der Waals surface area contributed by atoms with Crippen LogP contribution in [-0.2, 0) is 0 Å². The average Bonchev–Trinajstić information content (AvgIpc) is 2.40. The third-order valence-electron chi connectivity index (χ3n) is 2.58. The SMILES string of the molecule is C#CCCC(CSc1ccc(Cl)cc1)NCCC. The van der Waals surface area contributed by atoms with E-state index in [0.717, 1.165) is 36.6 Å². The molecule has 0 radical (unpaired) electrons. The first-order valence-corrected chi connectivity index (χ1v) is 7.67. The lowest BCUT2D eigenvalue weighted by Gasteiger charge is -2.17. The lowest BCUT2D eigenvalue weighted by molar-refractivity contribution is 0.526. The van der Waals surface area contributed by atoms with Gasteiger partial charge in [0.2, 0.25) is 0 Å². The molecule has 0 fully saturated rings. The van der Waals surface area contributed by atoms with Gasteiger partial charge in [-0.05, 0) is 43.7 Å². The first-order chi connectivity index (χ1) is 8.76. The van der Waals surface area contributed by atoms with Gasteiger partial charge < -0.3 is 5.32 Å². The Morgan fingerprint density at radius 2 is 2.11 bits per heavy atom. The van der Waals surface area contributed by atoms with Gasteiger partial charge in [0.25, 0.3) is 0 Å². The van der Waals surface area contributed by atoms with Crippen molar-refractivity contribution < 1.29 is 0 Å². The molecular weight excluding hydrogens is 262 g/mol. The Morgan fingerprint density at radius 3 is 2.72 bits per heavy atom. The van der Waals surface area contributed by atoms with Gasteiger partial charge in [0.05, 0.1) is 0 Å². The molecule has 0 saturated heterocycles. The van der Waals surface area contributed by atoms with Crippen molar-refractivity contribution in [3.8, 4) is 12.3 Å². The van der Waals surface area contributed by atoms with Crippen LogP contribution in [0.15, 0.2) is 29.2 Å². The minimum absolute atomic E-state index is 0.488. The number of thioether (sulfide) groups is 1. The Balaban J connectivity index is 2.40. The van der Waals surface area contributed by atoms with Crippen molar-refractivity contribution in [3.63, 3.8) is 0 Å². The molecule has 98 valence electrons. The molecule has 0 heterocycles. The van der Waals surface area contributed by atoms with E-state index in [2.05, 4.69) is 30.3 Å². The molecular formula is C15H20ClNS. The molecule has 0 aliphatic rings. The standard InChI is InChI=1S/C15H20ClNS/c1-3-5-6-14(17-11-4-2)12-18-15-9-7-13(16)8-10-15/h1,7-10,14,17H,4-6,11-12H2,2H3. The van der Waals surface area contributed by atoms with Crippen LogP contribution in [0.5, 0.6) is 0 Å². The molecule has 3 heteroatoms. The van der Waals surface area contributed by atoms with Gasteiger partial charge in [-0.3, -0.25) is 0 Å². The van der Waals surface area contributed by atoms with E-state index >= 15 is 0 Å². The van der Waals surface area contributed by atoms with Crippen LogP contribution in [-0.4, -0.2) is 18.3 Å². The zero-order chi connectivity index (χ0) is 13.2. The lowest BCUT2D eigenvalue weighted by Crippen LogP contribution is -2.31. The fourth-order valence-electron chi connectivity index (χ4n) is 1.58. The van der Waals surface area contributed by atoms with Crippen LogP contribution in [0.2, 0.25) is 5.02 Å². The smallest absolute Gasteiger partial charge is 0.0406 e. The number of halogens is 1. The minimum Gasteiger partial charge on any atom is -0.313 e. The zero-order valence-electron chi connectivity index (χ0n) is 10.8. The Hall–Kier alpha value is -0.620. The van der Waals surface area contributed by atoms with E-state index in [1.54, 1.807) is 0 Å². The molecule has 0 saturated carbocycles. The van der Waals surface area contributed by atoms with E-state index in [4.69, 9.17) is 18.0 Å². The predicted molar refractivity (Wildman–Crippen MR) is 82.3 cm³/mol. The van der Waals surface area contributed by atoms with Crippen molar-refractivity contribution in [2.24, 2.45) is 0 Å². The average molecular weight is 282 g/mol. The molecule has 0 bridgehead atoms.